The van der Waals surface area contributed by atoms with Gasteiger partial charge in [-0.15, -0.1) is 0 Å². The zero-order valence-corrected chi connectivity index (χ0v) is 15.6. The number of β-amino-alcohol motifs (C(OH)–C–C–N with tert-alkyl or cyclic N) is 1. The number of ether oxygens (including phenoxy) is 3. The molecule has 1 aromatic rings. The first-order valence-corrected chi connectivity index (χ1v) is 9.05. The fourth-order valence-electron chi connectivity index (χ4n) is 3.85. The van der Waals surface area contributed by atoms with Gasteiger partial charge in [0.1, 0.15) is 5.75 Å². The molecule has 0 radical (unpaired) electrons. The number of aliphatic hydroxyl groups is 1. The molecule has 2 aliphatic rings. The van der Waals surface area contributed by atoms with Crippen LogP contribution in [0.25, 0.3) is 0 Å². The van der Waals surface area contributed by atoms with Crippen molar-refractivity contribution in [1.29, 1.82) is 0 Å². The number of nitrogens with zero attached hydrogens (tertiary/aromatic N) is 2. The predicted octanol–water partition coefficient (Wildman–Crippen LogP) is 1.74. The second-order valence-corrected chi connectivity index (χ2v) is 7.44. The number of rotatable bonds is 5. The van der Waals surface area contributed by atoms with E-state index in [9.17, 15) is 5.11 Å². The molecule has 1 fully saturated rings. The van der Waals surface area contributed by atoms with Crippen LogP contribution in [0.5, 0.6) is 17.2 Å². The van der Waals surface area contributed by atoms with Crippen molar-refractivity contribution in [2.45, 2.75) is 31.4 Å². The molecule has 140 valence electrons. The number of fused-ring (bicyclic) bond motifs is 1. The molecular formula is C19H30N2O4. The number of likely N-dealkylation sites (tertiary alicyclic amines) is 1. The maximum atomic E-state index is 10.9. The molecule has 2 heterocycles. The normalized spacial score (nSPS) is 24.2. The van der Waals surface area contributed by atoms with Crippen LogP contribution in [-0.2, 0) is 6.54 Å². The predicted molar refractivity (Wildman–Crippen MR) is 96.6 cm³/mol. The maximum Gasteiger partial charge on any atom is 0.164 e. The van der Waals surface area contributed by atoms with Crippen LogP contribution in [0.1, 0.15) is 24.8 Å². The summed E-state index contributed by atoms with van der Waals surface area (Å²) in [6.07, 6.45) is 2.73. The van der Waals surface area contributed by atoms with Gasteiger partial charge < -0.3 is 24.2 Å². The average molecular weight is 350 g/mol. The minimum Gasteiger partial charge on any atom is -0.496 e. The lowest BCUT2D eigenvalue weighted by Crippen LogP contribution is -2.52. The van der Waals surface area contributed by atoms with Crippen molar-refractivity contribution < 1.29 is 19.3 Å². The standard InChI is InChI=1S/C19H30N2O4/c1-20(2)13-19(22)6-4-7-21(14-19)12-15-10-17-18(11-16(15)23-3)25-9-5-8-24-17/h10-11,22H,4-9,12-14H2,1-3H3/t19-/m0/s1. The third kappa shape index (κ3) is 4.57. The van der Waals surface area contributed by atoms with Crippen molar-refractivity contribution in [2.75, 3.05) is 54.1 Å². The van der Waals surface area contributed by atoms with E-state index in [1.54, 1.807) is 7.11 Å². The van der Waals surface area contributed by atoms with Crippen LogP contribution in [0.3, 0.4) is 0 Å². The van der Waals surface area contributed by atoms with E-state index in [0.29, 0.717) is 26.3 Å². The quantitative estimate of drug-likeness (QED) is 0.873. The summed E-state index contributed by atoms with van der Waals surface area (Å²) in [4.78, 5) is 4.35. The molecule has 6 heteroatoms. The summed E-state index contributed by atoms with van der Waals surface area (Å²) >= 11 is 0. The summed E-state index contributed by atoms with van der Waals surface area (Å²) in [5, 5.41) is 10.9. The van der Waals surface area contributed by atoms with Crippen LogP contribution in [0.15, 0.2) is 12.1 Å². The molecule has 1 saturated heterocycles. The van der Waals surface area contributed by atoms with Gasteiger partial charge in [0.15, 0.2) is 11.5 Å². The summed E-state index contributed by atoms with van der Waals surface area (Å²) in [5.41, 5.74) is 0.418. The third-order valence-corrected chi connectivity index (χ3v) is 4.79. The van der Waals surface area contributed by atoms with Gasteiger partial charge in [0, 0.05) is 37.7 Å². The van der Waals surface area contributed by atoms with Gasteiger partial charge in [-0.1, -0.05) is 0 Å². The Morgan fingerprint density at radius 1 is 1.20 bits per heavy atom. The van der Waals surface area contributed by atoms with E-state index in [4.69, 9.17) is 14.2 Å². The average Bonchev–Trinajstić information content (AvgIpc) is 2.77. The first kappa shape index (κ1) is 18.3. The molecule has 0 aromatic heterocycles. The summed E-state index contributed by atoms with van der Waals surface area (Å²) in [6, 6.07) is 3.95. The minimum atomic E-state index is -0.652. The Morgan fingerprint density at radius 3 is 2.60 bits per heavy atom. The Balaban J connectivity index is 1.76. The number of piperidine rings is 1. The van der Waals surface area contributed by atoms with Gasteiger partial charge in [-0.25, -0.2) is 0 Å². The van der Waals surface area contributed by atoms with E-state index in [1.807, 2.05) is 26.2 Å². The van der Waals surface area contributed by atoms with Crippen molar-refractivity contribution in [3.05, 3.63) is 17.7 Å². The van der Waals surface area contributed by atoms with Gasteiger partial charge in [-0.2, -0.15) is 0 Å². The van der Waals surface area contributed by atoms with Crippen LogP contribution in [-0.4, -0.2) is 74.6 Å². The van der Waals surface area contributed by atoms with Crippen LogP contribution in [0.2, 0.25) is 0 Å². The van der Waals surface area contributed by atoms with Crippen molar-refractivity contribution in [3.63, 3.8) is 0 Å². The van der Waals surface area contributed by atoms with Crippen LogP contribution < -0.4 is 14.2 Å². The number of likely N-dealkylation sites (N-methyl/N-ethyl adjacent to an activating group) is 1. The zero-order valence-electron chi connectivity index (χ0n) is 15.6. The molecule has 0 spiro atoms. The Morgan fingerprint density at radius 2 is 1.92 bits per heavy atom. The largest absolute Gasteiger partial charge is 0.496 e. The number of methoxy groups -OCH3 is 1. The summed E-state index contributed by atoms with van der Waals surface area (Å²) < 4.78 is 17.1. The molecule has 0 aliphatic carbocycles. The second kappa shape index (κ2) is 7.81. The van der Waals surface area contributed by atoms with Gasteiger partial charge >= 0.3 is 0 Å². The summed E-state index contributed by atoms with van der Waals surface area (Å²) in [6.45, 7) is 4.40. The van der Waals surface area contributed by atoms with Crippen LogP contribution >= 0.6 is 0 Å². The lowest BCUT2D eigenvalue weighted by molar-refractivity contribution is -0.0481. The molecule has 0 saturated carbocycles. The molecule has 1 atom stereocenters. The number of hydrogen-bond donors (Lipinski definition) is 1. The molecule has 1 aromatic carbocycles. The highest BCUT2D eigenvalue weighted by Gasteiger charge is 2.34. The van der Waals surface area contributed by atoms with Crippen molar-refractivity contribution in [1.82, 2.24) is 9.80 Å². The molecule has 3 rings (SSSR count). The monoisotopic (exact) mass is 350 g/mol. The van der Waals surface area contributed by atoms with Crippen LogP contribution in [0.4, 0.5) is 0 Å². The molecule has 0 unspecified atom stereocenters. The van der Waals surface area contributed by atoms with Gasteiger partial charge in [0.05, 0.1) is 25.9 Å². The number of hydrogen-bond acceptors (Lipinski definition) is 6. The first-order chi connectivity index (χ1) is 12.0. The lowest BCUT2D eigenvalue weighted by Gasteiger charge is -2.40. The van der Waals surface area contributed by atoms with E-state index in [0.717, 1.165) is 55.2 Å². The topological polar surface area (TPSA) is 54.4 Å². The second-order valence-electron chi connectivity index (χ2n) is 7.44. The molecule has 0 bridgehead atoms. The fourth-order valence-corrected chi connectivity index (χ4v) is 3.85. The molecule has 0 amide bonds. The molecule has 1 N–H and O–H groups in total. The van der Waals surface area contributed by atoms with E-state index in [2.05, 4.69) is 9.80 Å². The van der Waals surface area contributed by atoms with E-state index in [1.165, 1.54) is 0 Å². The molecule has 25 heavy (non-hydrogen) atoms. The van der Waals surface area contributed by atoms with Gasteiger partial charge in [-0.05, 0) is 39.5 Å². The van der Waals surface area contributed by atoms with Crippen molar-refractivity contribution in [3.8, 4) is 17.2 Å². The van der Waals surface area contributed by atoms with E-state index >= 15 is 0 Å². The Labute approximate surface area is 150 Å². The SMILES string of the molecule is COc1cc2c(cc1CN1CCC[C@](O)(CN(C)C)C1)OCCCO2. The third-order valence-electron chi connectivity index (χ3n) is 4.79. The smallest absolute Gasteiger partial charge is 0.164 e. The Kier molecular flexibility index (Phi) is 5.71. The highest BCUT2D eigenvalue weighted by molar-refractivity contribution is 5.51. The maximum absolute atomic E-state index is 10.9. The zero-order chi connectivity index (χ0) is 17.9. The first-order valence-electron chi connectivity index (χ1n) is 9.05. The highest BCUT2D eigenvalue weighted by Crippen LogP contribution is 2.37. The molecule has 2 aliphatic heterocycles. The Hall–Kier alpha value is -1.50. The fraction of sp³-hybridized carbons (Fsp3) is 0.684. The van der Waals surface area contributed by atoms with Crippen molar-refractivity contribution >= 4 is 0 Å². The van der Waals surface area contributed by atoms with Gasteiger partial charge in [-0.3, -0.25) is 4.90 Å². The van der Waals surface area contributed by atoms with E-state index in [-0.39, 0.29) is 0 Å². The number of benzene rings is 1. The Bertz CT molecular complexity index is 593. The van der Waals surface area contributed by atoms with Crippen LogP contribution in [0, 0.1) is 0 Å². The molecular weight excluding hydrogens is 320 g/mol. The highest BCUT2D eigenvalue weighted by atomic mass is 16.5. The van der Waals surface area contributed by atoms with Gasteiger partial charge in [0.2, 0.25) is 0 Å². The van der Waals surface area contributed by atoms with E-state index < -0.39 is 5.60 Å². The molecule has 6 nitrogen and oxygen atoms in total. The van der Waals surface area contributed by atoms with Crippen molar-refractivity contribution in [2.24, 2.45) is 0 Å². The summed E-state index contributed by atoms with van der Waals surface area (Å²) in [7, 11) is 5.69. The van der Waals surface area contributed by atoms with Gasteiger partial charge in [0.25, 0.3) is 0 Å². The minimum absolute atomic E-state index is 0.652. The lowest BCUT2D eigenvalue weighted by atomic mass is 9.92. The summed E-state index contributed by atoms with van der Waals surface area (Å²) in [5.74, 6) is 2.35.